The standard InChI is InChI=1S/C7H6BrN3OS/c8-5-2-1-4(13-5)6(9)7-10-3-12-11-7/h1-3,6H,9H2. The van der Waals surface area contributed by atoms with E-state index in [9.17, 15) is 0 Å². The highest BCUT2D eigenvalue weighted by Crippen LogP contribution is 2.28. The molecular formula is C7H6BrN3OS. The van der Waals surface area contributed by atoms with Gasteiger partial charge in [-0.1, -0.05) is 5.16 Å². The summed E-state index contributed by atoms with van der Waals surface area (Å²) in [7, 11) is 0. The van der Waals surface area contributed by atoms with Crippen molar-refractivity contribution in [1.82, 2.24) is 10.1 Å². The normalized spacial score (nSPS) is 13.1. The third-order valence-electron chi connectivity index (χ3n) is 1.56. The number of nitrogens with zero attached hydrogens (tertiary/aromatic N) is 2. The van der Waals surface area contributed by atoms with Crippen molar-refractivity contribution in [2.45, 2.75) is 6.04 Å². The fraction of sp³-hybridized carbons (Fsp3) is 0.143. The van der Waals surface area contributed by atoms with Crippen LogP contribution in [0.1, 0.15) is 16.7 Å². The molecule has 2 aromatic heterocycles. The summed E-state index contributed by atoms with van der Waals surface area (Å²) in [5.74, 6) is 0.509. The van der Waals surface area contributed by atoms with E-state index >= 15 is 0 Å². The fourth-order valence-electron chi connectivity index (χ4n) is 0.938. The third kappa shape index (κ3) is 1.79. The lowest BCUT2D eigenvalue weighted by Crippen LogP contribution is -2.11. The minimum Gasteiger partial charge on any atom is -0.343 e. The summed E-state index contributed by atoms with van der Waals surface area (Å²) < 4.78 is 5.66. The second kappa shape index (κ2) is 3.57. The Kier molecular flexibility index (Phi) is 2.43. The summed E-state index contributed by atoms with van der Waals surface area (Å²) in [5, 5.41) is 3.68. The molecule has 2 heterocycles. The topological polar surface area (TPSA) is 64.9 Å². The molecule has 0 amide bonds. The Hall–Kier alpha value is -0.720. The lowest BCUT2D eigenvalue weighted by Gasteiger charge is -2.01. The second-order valence-corrected chi connectivity index (χ2v) is 4.90. The summed E-state index contributed by atoms with van der Waals surface area (Å²) in [6.07, 6.45) is 1.28. The summed E-state index contributed by atoms with van der Waals surface area (Å²) in [4.78, 5) is 4.90. The number of nitrogens with two attached hydrogens (primary N) is 1. The van der Waals surface area contributed by atoms with Gasteiger partial charge < -0.3 is 10.3 Å². The molecule has 0 saturated heterocycles. The predicted molar refractivity (Wildman–Crippen MR) is 52.3 cm³/mol. The molecule has 0 saturated carbocycles. The number of halogens is 1. The van der Waals surface area contributed by atoms with Crippen molar-refractivity contribution in [1.29, 1.82) is 0 Å². The fourth-order valence-corrected chi connectivity index (χ4v) is 2.36. The van der Waals surface area contributed by atoms with E-state index in [0.717, 1.165) is 8.66 Å². The molecular weight excluding hydrogens is 254 g/mol. The van der Waals surface area contributed by atoms with Gasteiger partial charge in [-0.3, -0.25) is 0 Å². The van der Waals surface area contributed by atoms with Crippen LogP contribution in [0.5, 0.6) is 0 Å². The minimum absolute atomic E-state index is 0.296. The second-order valence-electron chi connectivity index (χ2n) is 2.41. The number of hydrogen-bond donors (Lipinski definition) is 1. The Bertz CT molecular complexity index is 386. The SMILES string of the molecule is NC(c1ncon1)c1ccc(Br)s1. The van der Waals surface area contributed by atoms with Crippen LogP contribution >= 0.6 is 27.3 Å². The van der Waals surface area contributed by atoms with E-state index in [1.54, 1.807) is 11.3 Å². The van der Waals surface area contributed by atoms with Crippen LogP contribution in [0.3, 0.4) is 0 Å². The number of rotatable bonds is 2. The molecule has 1 unspecified atom stereocenters. The lowest BCUT2D eigenvalue weighted by atomic mass is 10.2. The largest absolute Gasteiger partial charge is 0.343 e. The molecule has 0 aromatic carbocycles. The summed E-state index contributed by atoms with van der Waals surface area (Å²) in [5.41, 5.74) is 5.88. The van der Waals surface area contributed by atoms with Crippen LogP contribution in [0.25, 0.3) is 0 Å². The first-order chi connectivity index (χ1) is 6.27. The van der Waals surface area contributed by atoms with Gasteiger partial charge in [0.2, 0.25) is 6.39 Å². The highest BCUT2D eigenvalue weighted by atomic mass is 79.9. The Morgan fingerprint density at radius 1 is 1.54 bits per heavy atom. The average Bonchev–Trinajstić information content (AvgIpc) is 2.72. The highest BCUT2D eigenvalue weighted by Gasteiger charge is 2.14. The number of aromatic nitrogens is 2. The van der Waals surface area contributed by atoms with Crippen molar-refractivity contribution >= 4 is 27.3 Å². The van der Waals surface area contributed by atoms with Crippen LogP contribution in [0.2, 0.25) is 0 Å². The zero-order chi connectivity index (χ0) is 9.26. The average molecular weight is 260 g/mol. The van der Waals surface area contributed by atoms with Gasteiger partial charge in [-0.2, -0.15) is 4.98 Å². The quantitative estimate of drug-likeness (QED) is 0.896. The van der Waals surface area contributed by atoms with E-state index < -0.39 is 0 Å². The van der Waals surface area contributed by atoms with E-state index in [-0.39, 0.29) is 6.04 Å². The molecule has 4 nitrogen and oxygen atoms in total. The predicted octanol–water partition coefficient (Wildman–Crippen LogP) is 1.94. The Morgan fingerprint density at radius 3 is 2.92 bits per heavy atom. The Morgan fingerprint density at radius 2 is 2.38 bits per heavy atom. The van der Waals surface area contributed by atoms with Gasteiger partial charge >= 0.3 is 0 Å². The van der Waals surface area contributed by atoms with Crippen molar-refractivity contribution in [2.24, 2.45) is 5.73 Å². The molecule has 6 heteroatoms. The molecule has 1 atom stereocenters. The summed E-state index contributed by atoms with van der Waals surface area (Å²) in [6.45, 7) is 0. The summed E-state index contributed by atoms with van der Waals surface area (Å²) in [6, 6.07) is 3.59. The van der Waals surface area contributed by atoms with Gasteiger partial charge in [0.1, 0.15) is 6.04 Å². The van der Waals surface area contributed by atoms with E-state index in [4.69, 9.17) is 5.73 Å². The molecule has 2 aromatic rings. The monoisotopic (exact) mass is 259 g/mol. The van der Waals surface area contributed by atoms with Crippen molar-refractivity contribution < 1.29 is 4.52 Å². The van der Waals surface area contributed by atoms with Crippen molar-refractivity contribution in [3.05, 3.63) is 33.0 Å². The lowest BCUT2D eigenvalue weighted by molar-refractivity contribution is 0.407. The first-order valence-corrected chi connectivity index (χ1v) is 5.15. The molecule has 13 heavy (non-hydrogen) atoms. The molecule has 0 aliphatic carbocycles. The minimum atomic E-state index is -0.296. The Balaban J connectivity index is 2.28. The first-order valence-electron chi connectivity index (χ1n) is 3.54. The van der Waals surface area contributed by atoms with Gasteiger partial charge in [0, 0.05) is 4.88 Å². The van der Waals surface area contributed by atoms with Crippen molar-refractivity contribution in [3.63, 3.8) is 0 Å². The van der Waals surface area contributed by atoms with E-state index in [1.807, 2.05) is 12.1 Å². The van der Waals surface area contributed by atoms with Crippen molar-refractivity contribution in [2.75, 3.05) is 0 Å². The molecule has 0 radical (unpaired) electrons. The van der Waals surface area contributed by atoms with Gasteiger partial charge in [0.05, 0.1) is 3.79 Å². The highest BCUT2D eigenvalue weighted by molar-refractivity contribution is 9.11. The molecule has 0 aliphatic rings. The summed E-state index contributed by atoms with van der Waals surface area (Å²) >= 11 is 4.93. The van der Waals surface area contributed by atoms with Gasteiger partial charge in [0.15, 0.2) is 5.82 Å². The maximum Gasteiger partial charge on any atom is 0.213 e. The van der Waals surface area contributed by atoms with Crippen LogP contribution in [0, 0.1) is 0 Å². The van der Waals surface area contributed by atoms with E-state index in [2.05, 4.69) is 30.6 Å². The van der Waals surface area contributed by atoms with Gasteiger partial charge in [-0.25, -0.2) is 0 Å². The molecule has 68 valence electrons. The van der Waals surface area contributed by atoms with Gasteiger partial charge in [0.25, 0.3) is 0 Å². The van der Waals surface area contributed by atoms with Crippen molar-refractivity contribution in [3.8, 4) is 0 Å². The maximum atomic E-state index is 5.88. The van der Waals surface area contributed by atoms with Crippen LogP contribution in [-0.4, -0.2) is 10.1 Å². The zero-order valence-corrected chi connectivity index (χ0v) is 8.88. The van der Waals surface area contributed by atoms with Gasteiger partial charge in [-0.15, -0.1) is 11.3 Å². The maximum absolute atomic E-state index is 5.88. The van der Waals surface area contributed by atoms with Gasteiger partial charge in [-0.05, 0) is 28.1 Å². The molecule has 0 aliphatic heterocycles. The third-order valence-corrected chi connectivity index (χ3v) is 3.26. The van der Waals surface area contributed by atoms with Crippen LogP contribution in [0.4, 0.5) is 0 Å². The molecule has 2 N–H and O–H groups in total. The van der Waals surface area contributed by atoms with Crippen LogP contribution in [-0.2, 0) is 0 Å². The zero-order valence-electron chi connectivity index (χ0n) is 6.48. The number of hydrogen-bond acceptors (Lipinski definition) is 5. The first kappa shape index (κ1) is 8.86. The smallest absolute Gasteiger partial charge is 0.213 e. The molecule has 2 rings (SSSR count). The van der Waals surface area contributed by atoms with Crippen LogP contribution < -0.4 is 5.73 Å². The van der Waals surface area contributed by atoms with E-state index in [0.29, 0.717) is 5.82 Å². The molecule has 0 spiro atoms. The molecule has 0 bridgehead atoms. The van der Waals surface area contributed by atoms with E-state index in [1.165, 1.54) is 6.39 Å². The molecule has 0 fully saturated rings. The van der Waals surface area contributed by atoms with Crippen LogP contribution in [0.15, 0.2) is 26.8 Å². The Labute approximate surface area is 86.9 Å². The number of thiophene rings is 1.